The lowest BCUT2D eigenvalue weighted by atomic mass is 9.95. The summed E-state index contributed by atoms with van der Waals surface area (Å²) in [7, 11) is 3.06. The molecule has 0 amide bonds. The Kier molecular flexibility index (Phi) is 7.68. The number of phenolic OH excluding ortho intramolecular Hbond substituents is 1. The zero-order valence-electron chi connectivity index (χ0n) is 21.2. The van der Waals surface area contributed by atoms with Crippen LogP contribution >= 0.6 is 11.3 Å². The molecule has 3 aromatic rings. The zero-order valence-corrected chi connectivity index (χ0v) is 22.0. The van der Waals surface area contributed by atoms with Gasteiger partial charge in [-0.05, 0) is 56.7 Å². The van der Waals surface area contributed by atoms with Gasteiger partial charge < -0.3 is 24.1 Å². The summed E-state index contributed by atoms with van der Waals surface area (Å²) in [6.07, 6.45) is 1.71. The summed E-state index contributed by atoms with van der Waals surface area (Å²) in [4.78, 5) is 31.9. The molecule has 4 rings (SSSR count). The Hall–Kier alpha value is -4.05. The molecule has 10 heteroatoms. The average molecular weight is 525 g/mol. The van der Waals surface area contributed by atoms with Gasteiger partial charge >= 0.3 is 5.97 Å². The number of thiazole rings is 1. The predicted molar refractivity (Wildman–Crippen MR) is 139 cm³/mol. The van der Waals surface area contributed by atoms with Crippen LogP contribution in [0.1, 0.15) is 37.9 Å². The van der Waals surface area contributed by atoms with Crippen LogP contribution in [0.5, 0.6) is 23.0 Å². The maximum Gasteiger partial charge on any atom is 0.338 e. The molecule has 0 spiro atoms. The fourth-order valence-corrected chi connectivity index (χ4v) is 5.22. The third-order valence-electron chi connectivity index (χ3n) is 5.83. The molecule has 1 atom stereocenters. The van der Waals surface area contributed by atoms with E-state index in [2.05, 4.69) is 4.99 Å². The molecular formula is C27H28N2O7S. The highest BCUT2D eigenvalue weighted by atomic mass is 32.1. The lowest BCUT2D eigenvalue weighted by Gasteiger charge is -2.26. The number of methoxy groups -OCH3 is 2. The largest absolute Gasteiger partial charge is 0.504 e. The molecule has 0 bridgehead atoms. The third kappa shape index (κ3) is 4.97. The molecule has 0 fully saturated rings. The van der Waals surface area contributed by atoms with E-state index in [1.54, 1.807) is 57.4 Å². The number of aromatic hydroxyl groups is 1. The summed E-state index contributed by atoms with van der Waals surface area (Å²) >= 11 is 1.20. The Labute approximate surface area is 217 Å². The number of carbonyl (C=O) groups excluding carboxylic acids is 1. The number of aromatic nitrogens is 1. The first-order valence-corrected chi connectivity index (χ1v) is 12.5. The molecule has 194 valence electrons. The molecule has 1 aliphatic rings. The normalized spacial score (nSPS) is 15.2. The highest BCUT2D eigenvalue weighted by Crippen LogP contribution is 2.37. The van der Waals surface area contributed by atoms with E-state index in [4.69, 9.17) is 18.9 Å². The van der Waals surface area contributed by atoms with Crippen molar-refractivity contribution in [2.24, 2.45) is 4.99 Å². The number of nitrogens with zero attached hydrogens (tertiary/aromatic N) is 2. The van der Waals surface area contributed by atoms with Crippen LogP contribution in [-0.2, 0) is 9.53 Å². The minimum atomic E-state index is -0.822. The van der Waals surface area contributed by atoms with Crippen molar-refractivity contribution in [3.63, 3.8) is 0 Å². The topological polar surface area (TPSA) is 109 Å². The summed E-state index contributed by atoms with van der Waals surface area (Å²) in [5, 5.41) is 10.0. The number of carbonyl (C=O) groups is 1. The maximum absolute atomic E-state index is 13.8. The van der Waals surface area contributed by atoms with E-state index in [1.807, 2.05) is 6.92 Å². The minimum Gasteiger partial charge on any atom is -0.504 e. The molecule has 0 aliphatic carbocycles. The Balaban J connectivity index is 1.96. The molecule has 2 heterocycles. The van der Waals surface area contributed by atoms with Crippen molar-refractivity contribution in [2.45, 2.75) is 26.8 Å². The number of ether oxygens (including phenoxy) is 4. The second-order valence-corrected chi connectivity index (χ2v) is 9.08. The number of benzene rings is 2. The quantitative estimate of drug-likeness (QED) is 0.452. The smallest absolute Gasteiger partial charge is 0.338 e. The van der Waals surface area contributed by atoms with E-state index >= 15 is 0 Å². The van der Waals surface area contributed by atoms with Gasteiger partial charge in [0.1, 0.15) is 17.5 Å². The third-order valence-corrected chi connectivity index (χ3v) is 6.82. The van der Waals surface area contributed by atoms with Crippen molar-refractivity contribution in [2.75, 3.05) is 27.4 Å². The van der Waals surface area contributed by atoms with Crippen LogP contribution in [0.3, 0.4) is 0 Å². The first kappa shape index (κ1) is 26.0. The molecule has 0 radical (unpaired) electrons. The number of fused-ring (bicyclic) bond motifs is 1. The van der Waals surface area contributed by atoms with Crippen molar-refractivity contribution in [1.29, 1.82) is 0 Å². The molecule has 0 saturated carbocycles. The minimum absolute atomic E-state index is 0.0155. The second-order valence-electron chi connectivity index (χ2n) is 8.07. The number of hydrogen-bond donors (Lipinski definition) is 1. The molecular weight excluding hydrogens is 496 g/mol. The average Bonchev–Trinajstić information content (AvgIpc) is 3.19. The first-order valence-electron chi connectivity index (χ1n) is 11.7. The van der Waals surface area contributed by atoms with Gasteiger partial charge in [-0.15, -0.1) is 0 Å². The summed E-state index contributed by atoms with van der Waals surface area (Å²) in [5.41, 5.74) is 1.65. The van der Waals surface area contributed by atoms with Crippen molar-refractivity contribution in [1.82, 2.24) is 4.57 Å². The van der Waals surface area contributed by atoms with Crippen molar-refractivity contribution >= 4 is 23.4 Å². The van der Waals surface area contributed by atoms with Crippen molar-refractivity contribution in [3.8, 4) is 23.0 Å². The number of esters is 1. The number of rotatable bonds is 8. The van der Waals surface area contributed by atoms with Gasteiger partial charge in [-0.25, -0.2) is 9.79 Å². The number of allylic oxidation sites excluding steroid dienone is 1. The highest BCUT2D eigenvalue weighted by molar-refractivity contribution is 7.07. The van der Waals surface area contributed by atoms with Crippen LogP contribution in [-0.4, -0.2) is 43.1 Å². The van der Waals surface area contributed by atoms with Crippen LogP contribution in [0.4, 0.5) is 0 Å². The van der Waals surface area contributed by atoms with E-state index in [1.165, 1.54) is 29.1 Å². The van der Waals surface area contributed by atoms with Crippen LogP contribution in [0, 0.1) is 0 Å². The second kappa shape index (κ2) is 10.9. The summed E-state index contributed by atoms with van der Waals surface area (Å²) < 4.78 is 23.7. The van der Waals surface area contributed by atoms with Crippen molar-refractivity contribution in [3.05, 3.63) is 78.5 Å². The van der Waals surface area contributed by atoms with Crippen LogP contribution in [0.25, 0.3) is 6.08 Å². The molecule has 37 heavy (non-hydrogen) atoms. The lowest BCUT2D eigenvalue weighted by Crippen LogP contribution is -2.40. The van der Waals surface area contributed by atoms with Gasteiger partial charge in [0.05, 0.1) is 43.2 Å². The molecule has 9 nitrogen and oxygen atoms in total. The fourth-order valence-electron chi connectivity index (χ4n) is 4.17. The summed E-state index contributed by atoms with van der Waals surface area (Å²) in [6, 6.07) is 9.27. The Bertz CT molecular complexity index is 1550. The molecule has 0 saturated heterocycles. The molecule has 2 aromatic carbocycles. The van der Waals surface area contributed by atoms with Gasteiger partial charge in [0.25, 0.3) is 5.56 Å². The van der Waals surface area contributed by atoms with Crippen LogP contribution in [0.15, 0.2) is 57.5 Å². The van der Waals surface area contributed by atoms with Gasteiger partial charge in [0.2, 0.25) is 0 Å². The van der Waals surface area contributed by atoms with E-state index in [9.17, 15) is 14.7 Å². The molecule has 1 unspecified atom stereocenters. The molecule has 1 aromatic heterocycles. The van der Waals surface area contributed by atoms with Gasteiger partial charge in [0.15, 0.2) is 16.3 Å². The number of hydrogen-bond acceptors (Lipinski definition) is 9. The summed E-state index contributed by atoms with van der Waals surface area (Å²) in [5.74, 6) is 0.812. The van der Waals surface area contributed by atoms with E-state index < -0.39 is 12.0 Å². The standard InChI is InChI=1S/C27H28N2O7S/c1-6-35-21-12-16(8-11-19(21)30)13-22-25(31)29-24(18-10-9-17(33-4)14-20(18)34-5)23(26(32)36-7-2)15(3)28-27(29)37-22/h8-14,24,30H,6-7H2,1-5H3/b22-13-. The highest BCUT2D eigenvalue weighted by Gasteiger charge is 2.35. The van der Waals surface area contributed by atoms with Crippen molar-refractivity contribution < 1.29 is 28.8 Å². The van der Waals surface area contributed by atoms with Crippen LogP contribution in [0.2, 0.25) is 0 Å². The fraction of sp³-hybridized carbons (Fsp3) is 0.296. The molecule has 1 N–H and O–H groups in total. The predicted octanol–water partition coefficient (Wildman–Crippen LogP) is 2.92. The number of phenols is 1. The van der Waals surface area contributed by atoms with E-state index in [0.29, 0.717) is 50.0 Å². The van der Waals surface area contributed by atoms with Crippen LogP contribution < -0.4 is 29.1 Å². The SMILES string of the molecule is CCOC(=O)C1=C(C)N=c2s/c(=C\c3ccc(O)c(OCC)c3)c(=O)n2C1c1ccc(OC)cc1OC. The Morgan fingerprint density at radius 3 is 2.57 bits per heavy atom. The maximum atomic E-state index is 13.8. The van der Waals surface area contributed by atoms with Gasteiger partial charge in [0, 0.05) is 11.6 Å². The zero-order chi connectivity index (χ0) is 26.7. The lowest BCUT2D eigenvalue weighted by molar-refractivity contribution is -0.139. The molecule has 1 aliphatic heterocycles. The van der Waals surface area contributed by atoms with Gasteiger partial charge in [-0.1, -0.05) is 17.4 Å². The summed E-state index contributed by atoms with van der Waals surface area (Å²) in [6.45, 7) is 5.83. The first-order chi connectivity index (χ1) is 17.8. The van der Waals surface area contributed by atoms with Gasteiger partial charge in [-0.3, -0.25) is 9.36 Å². The monoisotopic (exact) mass is 524 g/mol. The van der Waals surface area contributed by atoms with Gasteiger partial charge in [-0.2, -0.15) is 0 Å². The Morgan fingerprint density at radius 1 is 1.11 bits per heavy atom. The van der Waals surface area contributed by atoms with E-state index in [-0.39, 0.29) is 23.5 Å². The van der Waals surface area contributed by atoms with E-state index in [0.717, 1.165) is 0 Å². The Morgan fingerprint density at radius 2 is 1.89 bits per heavy atom.